The maximum atomic E-state index is 12.3. The monoisotopic (exact) mass is 414 g/mol. The van der Waals surface area contributed by atoms with Gasteiger partial charge in [0.15, 0.2) is 10.9 Å². The standard InChI is InChI=1S/C20H22N4O4S/c1-13-12-29-20(21-13)22-17(25)5-4-10-24-18(26)11-16(28-3)19(23-24)14-6-8-15(27-2)9-7-14/h6-9,11-12H,4-5,10H2,1-3H3,(H,21,22,25). The molecule has 9 heteroatoms. The molecule has 0 unspecified atom stereocenters. The highest BCUT2D eigenvalue weighted by Crippen LogP contribution is 2.27. The van der Waals surface area contributed by atoms with Crippen molar-refractivity contribution in [1.29, 1.82) is 0 Å². The van der Waals surface area contributed by atoms with E-state index in [9.17, 15) is 9.59 Å². The summed E-state index contributed by atoms with van der Waals surface area (Å²) in [5.74, 6) is 0.979. The van der Waals surface area contributed by atoms with Gasteiger partial charge in [0.1, 0.15) is 11.4 Å². The highest BCUT2D eigenvalue weighted by molar-refractivity contribution is 7.13. The van der Waals surface area contributed by atoms with Gasteiger partial charge in [-0.15, -0.1) is 11.3 Å². The molecule has 0 saturated heterocycles. The molecule has 0 aliphatic rings. The Balaban J connectivity index is 1.70. The largest absolute Gasteiger partial charge is 0.497 e. The van der Waals surface area contributed by atoms with Crippen LogP contribution in [-0.4, -0.2) is 34.9 Å². The number of aromatic nitrogens is 3. The van der Waals surface area contributed by atoms with Crippen molar-refractivity contribution in [2.24, 2.45) is 0 Å². The van der Waals surface area contributed by atoms with Gasteiger partial charge in [-0.05, 0) is 37.6 Å². The van der Waals surface area contributed by atoms with E-state index in [0.29, 0.717) is 29.5 Å². The van der Waals surface area contributed by atoms with Crippen molar-refractivity contribution >= 4 is 22.4 Å². The molecule has 29 heavy (non-hydrogen) atoms. The third-order valence-corrected chi connectivity index (χ3v) is 5.06. The Kier molecular flexibility index (Phi) is 6.61. The van der Waals surface area contributed by atoms with E-state index in [-0.39, 0.29) is 17.9 Å². The van der Waals surface area contributed by atoms with Gasteiger partial charge in [-0.1, -0.05) is 0 Å². The van der Waals surface area contributed by atoms with Crippen LogP contribution in [0.5, 0.6) is 11.5 Å². The second-order valence-electron chi connectivity index (χ2n) is 6.30. The van der Waals surface area contributed by atoms with Gasteiger partial charge in [-0.25, -0.2) is 9.67 Å². The van der Waals surface area contributed by atoms with Gasteiger partial charge >= 0.3 is 0 Å². The molecular formula is C20H22N4O4S. The lowest BCUT2D eigenvalue weighted by molar-refractivity contribution is -0.116. The number of hydrogen-bond acceptors (Lipinski definition) is 7. The molecule has 0 aliphatic carbocycles. The second-order valence-corrected chi connectivity index (χ2v) is 7.16. The molecule has 1 N–H and O–H groups in total. The molecule has 2 heterocycles. The van der Waals surface area contributed by atoms with Crippen LogP contribution in [0.3, 0.4) is 0 Å². The van der Waals surface area contributed by atoms with E-state index in [0.717, 1.165) is 17.0 Å². The molecule has 0 radical (unpaired) electrons. The zero-order valence-electron chi connectivity index (χ0n) is 16.5. The number of aryl methyl sites for hydroxylation is 2. The lowest BCUT2D eigenvalue weighted by Gasteiger charge is -2.11. The van der Waals surface area contributed by atoms with E-state index in [2.05, 4.69) is 15.4 Å². The Labute approximate surface area is 172 Å². The van der Waals surface area contributed by atoms with Gasteiger partial charge in [-0.3, -0.25) is 9.59 Å². The first kappa shape index (κ1) is 20.5. The zero-order valence-corrected chi connectivity index (χ0v) is 17.3. The van der Waals surface area contributed by atoms with Crippen LogP contribution in [0.2, 0.25) is 0 Å². The molecule has 1 amide bonds. The first-order valence-electron chi connectivity index (χ1n) is 9.02. The quantitative estimate of drug-likeness (QED) is 0.609. The van der Waals surface area contributed by atoms with Crippen LogP contribution in [0, 0.1) is 6.92 Å². The molecule has 152 valence electrons. The second kappa shape index (κ2) is 9.33. The number of methoxy groups -OCH3 is 2. The summed E-state index contributed by atoms with van der Waals surface area (Å²) in [5, 5.41) is 9.66. The average Bonchev–Trinajstić information content (AvgIpc) is 3.13. The summed E-state index contributed by atoms with van der Waals surface area (Å²) < 4.78 is 11.9. The number of thiazole rings is 1. The Hall–Kier alpha value is -3.20. The fraction of sp³-hybridized carbons (Fsp3) is 0.300. The Morgan fingerprint density at radius 3 is 2.59 bits per heavy atom. The van der Waals surface area contributed by atoms with Gasteiger partial charge in [0, 0.05) is 30.0 Å². The number of hydrogen-bond donors (Lipinski definition) is 1. The zero-order chi connectivity index (χ0) is 20.8. The minimum atomic E-state index is -0.282. The Bertz CT molecular complexity index is 1040. The highest BCUT2D eigenvalue weighted by atomic mass is 32.1. The number of rotatable bonds is 8. The van der Waals surface area contributed by atoms with Crippen LogP contribution in [0.25, 0.3) is 11.3 Å². The SMILES string of the molecule is COc1ccc(-c2nn(CCCC(=O)Nc3nc(C)cs3)c(=O)cc2OC)cc1. The number of carbonyl (C=O) groups is 1. The lowest BCUT2D eigenvalue weighted by atomic mass is 10.1. The molecular weight excluding hydrogens is 392 g/mol. The predicted octanol–water partition coefficient (Wildman–Crippen LogP) is 3.11. The first-order chi connectivity index (χ1) is 14.0. The molecule has 0 aliphatic heterocycles. The van der Waals surface area contributed by atoms with Gasteiger partial charge in [0.25, 0.3) is 5.56 Å². The van der Waals surface area contributed by atoms with Crippen LogP contribution in [-0.2, 0) is 11.3 Å². The van der Waals surface area contributed by atoms with Crippen LogP contribution in [0.15, 0.2) is 40.5 Å². The van der Waals surface area contributed by atoms with Gasteiger partial charge < -0.3 is 14.8 Å². The molecule has 0 bridgehead atoms. The van der Waals surface area contributed by atoms with Gasteiger partial charge in [0.2, 0.25) is 5.91 Å². The van der Waals surface area contributed by atoms with Crippen molar-refractivity contribution in [2.75, 3.05) is 19.5 Å². The Morgan fingerprint density at radius 1 is 1.21 bits per heavy atom. The summed E-state index contributed by atoms with van der Waals surface area (Å²) >= 11 is 1.38. The number of carbonyl (C=O) groups excluding carboxylic acids is 1. The summed E-state index contributed by atoms with van der Waals surface area (Å²) in [7, 11) is 3.10. The summed E-state index contributed by atoms with van der Waals surface area (Å²) in [6.45, 7) is 2.19. The number of ether oxygens (including phenoxy) is 2. The molecule has 8 nitrogen and oxygen atoms in total. The summed E-state index contributed by atoms with van der Waals surface area (Å²) in [4.78, 5) is 28.6. The van der Waals surface area contributed by atoms with Crippen LogP contribution < -0.4 is 20.3 Å². The molecule has 0 spiro atoms. The topological polar surface area (TPSA) is 95.3 Å². The molecule has 2 aromatic heterocycles. The van der Waals surface area contributed by atoms with Crippen LogP contribution >= 0.6 is 11.3 Å². The van der Waals surface area contributed by atoms with Gasteiger partial charge in [-0.2, -0.15) is 5.10 Å². The third-order valence-electron chi connectivity index (χ3n) is 4.19. The average molecular weight is 414 g/mol. The van der Waals surface area contributed by atoms with Crippen molar-refractivity contribution in [3.05, 3.63) is 51.8 Å². The molecule has 0 fully saturated rings. The number of nitrogens with one attached hydrogen (secondary N) is 1. The molecule has 0 saturated carbocycles. The highest BCUT2D eigenvalue weighted by Gasteiger charge is 2.13. The summed E-state index contributed by atoms with van der Waals surface area (Å²) in [5.41, 5.74) is 1.94. The molecule has 1 aromatic carbocycles. The van der Waals surface area contributed by atoms with E-state index in [1.54, 1.807) is 7.11 Å². The number of benzene rings is 1. The van der Waals surface area contributed by atoms with Crippen molar-refractivity contribution in [3.8, 4) is 22.8 Å². The van der Waals surface area contributed by atoms with Crippen molar-refractivity contribution in [3.63, 3.8) is 0 Å². The third kappa shape index (κ3) is 5.20. The summed E-state index contributed by atoms with van der Waals surface area (Å²) in [6.07, 6.45) is 0.730. The van der Waals surface area contributed by atoms with Crippen LogP contribution in [0.1, 0.15) is 18.5 Å². The Morgan fingerprint density at radius 2 is 1.97 bits per heavy atom. The first-order valence-corrected chi connectivity index (χ1v) is 9.90. The van der Waals surface area contributed by atoms with E-state index < -0.39 is 0 Å². The predicted molar refractivity (Wildman–Crippen MR) is 112 cm³/mol. The number of amides is 1. The maximum Gasteiger partial charge on any atom is 0.270 e. The van der Waals surface area contributed by atoms with Crippen molar-refractivity contribution < 1.29 is 14.3 Å². The van der Waals surface area contributed by atoms with E-state index in [1.165, 1.54) is 29.2 Å². The minimum absolute atomic E-state index is 0.142. The lowest BCUT2D eigenvalue weighted by Crippen LogP contribution is -2.24. The summed E-state index contributed by atoms with van der Waals surface area (Å²) in [6, 6.07) is 8.74. The van der Waals surface area contributed by atoms with Gasteiger partial charge in [0.05, 0.1) is 19.9 Å². The minimum Gasteiger partial charge on any atom is -0.497 e. The molecule has 0 atom stereocenters. The fourth-order valence-corrected chi connectivity index (χ4v) is 3.43. The smallest absolute Gasteiger partial charge is 0.270 e. The van der Waals surface area contributed by atoms with E-state index in [4.69, 9.17) is 9.47 Å². The van der Waals surface area contributed by atoms with E-state index >= 15 is 0 Å². The maximum absolute atomic E-state index is 12.3. The molecule has 3 aromatic rings. The molecule has 3 rings (SSSR count). The van der Waals surface area contributed by atoms with Crippen LogP contribution in [0.4, 0.5) is 5.13 Å². The van der Waals surface area contributed by atoms with E-state index in [1.807, 2.05) is 36.6 Å². The normalized spacial score (nSPS) is 10.6. The number of anilines is 1. The van der Waals surface area contributed by atoms with Crippen molar-refractivity contribution in [1.82, 2.24) is 14.8 Å². The van der Waals surface area contributed by atoms with Crippen molar-refractivity contribution in [2.45, 2.75) is 26.3 Å². The number of nitrogens with zero attached hydrogens (tertiary/aromatic N) is 3. The fourth-order valence-electron chi connectivity index (χ4n) is 2.72.